The van der Waals surface area contributed by atoms with E-state index >= 15 is 0 Å². The summed E-state index contributed by atoms with van der Waals surface area (Å²) in [4.78, 5) is 18.8. The van der Waals surface area contributed by atoms with E-state index in [-0.39, 0.29) is 36.4 Å². The van der Waals surface area contributed by atoms with Gasteiger partial charge in [-0.05, 0) is 55.3 Å². The number of carbonyl (C=O) groups is 1. The van der Waals surface area contributed by atoms with Crippen LogP contribution in [0.15, 0.2) is 53.1 Å². The van der Waals surface area contributed by atoms with Gasteiger partial charge in [-0.15, -0.1) is 0 Å². The van der Waals surface area contributed by atoms with Crippen LogP contribution < -0.4 is 0 Å². The third-order valence-corrected chi connectivity index (χ3v) is 7.05. The number of ether oxygens (including phenoxy) is 1. The van der Waals surface area contributed by atoms with Gasteiger partial charge < -0.3 is 14.2 Å². The zero-order chi connectivity index (χ0) is 29.0. The van der Waals surface area contributed by atoms with Gasteiger partial charge in [-0.3, -0.25) is 4.79 Å². The van der Waals surface area contributed by atoms with Gasteiger partial charge in [0.1, 0.15) is 5.82 Å². The Morgan fingerprint density at radius 3 is 2.20 bits per heavy atom. The normalized spacial score (nSPS) is 22.3. The van der Waals surface area contributed by atoms with E-state index in [1.165, 1.54) is 36.1 Å². The van der Waals surface area contributed by atoms with Gasteiger partial charge in [0.15, 0.2) is 5.82 Å². The van der Waals surface area contributed by atoms with E-state index in [2.05, 4.69) is 10.1 Å². The number of nitrogens with zero attached hydrogens (tertiary/aromatic N) is 3. The summed E-state index contributed by atoms with van der Waals surface area (Å²) in [5, 5.41) is 3.75. The summed E-state index contributed by atoms with van der Waals surface area (Å²) < 4.78 is 106. The summed E-state index contributed by atoms with van der Waals surface area (Å²) in [6.45, 7) is 2.97. The number of carbonyl (C=O) groups excluding carboxylic acids is 1. The molecule has 3 aromatic rings. The number of amides is 1. The summed E-state index contributed by atoms with van der Waals surface area (Å²) in [5.74, 6) is -0.918. The minimum atomic E-state index is -5.01. The van der Waals surface area contributed by atoms with E-state index in [1.54, 1.807) is 13.0 Å². The van der Waals surface area contributed by atoms with Gasteiger partial charge in [0.2, 0.25) is 5.91 Å². The minimum Gasteiger partial charge on any atom is -0.368 e. The first-order valence-corrected chi connectivity index (χ1v) is 12.2. The number of aryl methyl sites for hydroxylation is 1. The summed E-state index contributed by atoms with van der Waals surface area (Å²) in [7, 11) is 0. The van der Waals surface area contributed by atoms with Gasteiger partial charge >= 0.3 is 12.4 Å². The fourth-order valence-corrected chi connectivity index (χ4v) is 5.19. The summed E-state index contributed by atoms with van der Waals surface area (Å²) in [6.07, 6.45) is -10.4. The Hall–Kier alpha value is -3.74. The summed E-state index contributed by atoms with van der Waals surface area (Å²) in [6, 6.07) is 6.11. The molecule has 0 aliphatic carbocycles. The monoisotopic (exact) mass is 569 g/mol. The van der Waals surface area contributed by atoms with E-state index in [1.807, 2.05) is 0 Å². The van der Waals surface area contributed by atoms with Crippen LogP contribution in [0.5, 0.6) is 0 Å². The highest BCUT2D eigenvalue weighted by Crippen LogP contribution is 2.44. The molecule has 0 bridgehead atoms. The number of hydrogen-bond acceptors (Lipinski definition) is 5. The van der Waals surface area contributed by atoms with Gasteiger partial charge in [-0.1, -0.05) is 23.4 Å². The number of rotatable bonds is 5. The molecule has 40 heavy (non-hydrogen) atoms. The number of alkyl halides is 6. The zero-order valence-corrected chi connectivity index (χ0v) is 21.1. The fraction of sp³-hybridized carbons (Fsp3) is 0.370. The molecule has 13 heteroatoms. The van der Waals surface area contributed by atoms with Crippen LogP contribution in [0.3, 0.4) is 0 Å². The van der Waals surface area contributed by atoms with Crippen LogP contribution in [0.1, 0.15) is 59.3 Å². The molecule has 0 N–H and O–H groups in total. The van der Waals surface area contributed by atoms with E-state index in [0.717, 1.165) is 0 Å². The predicted molar refractivity (Wildman–Crippen MR) is 126 cm³/mol. The van der Waals surface area contributed by atoms with Crippen molar-refractivity contribution in [2.45, 2.75) is 56.8 Å². The molecule has 4 atom stereocenters. The topological polar surface area (TPSA) is 68.5 Å². The first-order chi connectivity index (χ1) is 18.7. The van der Waals surface area contributed by atoms with Crippen LogP contribution in [0, 0.1) is 12.7 Å². The van der Waals surface area contributed by atoms with E-state index in [9.17, 15) is 35.5 Å². The first kappa shape index (κ1) is 27.8. The van der Waals surface area contributed by atoms with Crippen molar-refractivity contribution >= 4 is 11.5 Å². The number of benzene rings is 2. The van der Waals surface area contributed by atoms with Gasteiger partial charge in [0.05, 0.1) is 35.8 Å². The van der Waals surface area contributed by atoms with Gasteiger partial charge in [-0.2, -0.15) is 31.3 Å². The van der Waals surface area contributed by atoms with Crippen molar-refractivity contribution in [2.24, 2.45) is 0 Å². The second-order valence-electron chi connectivity index (χ2n) is 9.79. The molecule has 0 spiro atoms. The first-order valence-electron chi connectivity index (χ1n) is 12.2. The van der Waals surface area contributed by atoms with Gasteiger partial charge in [0.25, 0.3) is 5.89 Å². The second kappa shape index (κ2) is 10.0. The third kappa shape index (κ3) is 5.47. The molecule has 212 valence electrons. The molecule has 2 aromatic carbocycles. The van der Waals surface area contributed by atoms with Crippen LogP contribution in [0.25, 0.3) is 5.57 Å². The molecule has 2 unspecified atom stereocenters. The van der Waals surface area contributed by atoms with Crippen molar-refractivity contribution in [1.29, 1.82) is 0 Å². The maximum Gasteiger partial charge on any atom is 0.416 e. The lowest BCUT2D eigenvalue weighted by molar-refractivity contribution is -0.143. The molecular formula is C27H22F7N3O3. The largest absolute Gasteiger partial charge is 0.416 e. The molecule has 1 amide bonds. The van der Waals surface area contributed by atoms with Crippen molar-refractivity contribution < 1.29 is 44.8 Å². The van der Waals surface area contributed by atoms with Gasteiger partial charge in [0, 0.05) is 18.0 Å². The van der Waals surface area contributed by atoms with Crippen molar-refractivity contribution in [3.63, 3.8) is 0 Å². The van der Waals surface area contributed by atoms with Crippen LogP contribution in [0.4, 0.5) is 30.7 Å². The van der Waals surface area contributed by atoms with Crippen LogP contribution >= 0.6 is 0 Å². The maximum absolute atomic E-state index is 13.7. The quantitative estimate of drug-likeness (QED) is 0.329. The Kier molecular flexibility index (Phi) is 6.97. The average Bonchev–Trinajstić information content (AvgIpc) is 3.47. The van der Waals surface area contributed by atoms with Crippen LogP contribution in [-0.2, 0) is 21.9 Å². The van der Waals surface area contributed by atoms with Crippen molar-refractivity contribution in [3.8, 4) is 0 Å². The molecule has 1 fully saturated rings. The van der Waals surface area contributed by atoms with E-state index in [4.69, 9.17) is 9.26 Å². The molecule has 0 radical (unpaired) electrons. The Morgan fingerprint density at radius 2 is 1.65 bits per heavy atom. The standard InChI is InChI=1S/C27H22F7N3O3/c1-13(16-7-18(26(29,30)31)11-19(8-16)27(32,33)34)39-22-12-37-21(24(22)15-3-5-20(28)6-4-15)9-17(10-23(37)38)25-35-14(2)36-40-25/h3-9,11,13,21-22,24H,10,12H2,1-2H3/t13-,21?,22?,24+/m1/s1. The number of hydrogen-bond donors (Lipinski definition) is 0. The number of fused-ring (bicyclic) bond motifs is 1. The molecule has 0 saturated carbocycles. The van der Waals surface area contributed by atoms with Crippen molar-refractivity contribution in [3.05, 3.63) is 88.3 Å². The molecule has 6 nitrogen and oxygen atoms in total. The summed E-state index contributed by atoms with van der Waals surface area (Å²) >= 11 is 0. The molecule has 5 rings (SSSR count). The summed E-state index contributed by atoms with van der Waals surface area (Å²) in [5.41, 5.74) is -2.19. The lowest BCUT2D eigenvalue weighted by Crippen LogP contribution is -2.39. The molecule has 1 saturated heterocycles. The maximum atomic E-state index is 13.7. The van der Waals surface area contributed by atoms with Gasteiger partial charge in [-0.25, -0.2) is 4.39 Å². The van der Waals surface area contributed by atoms with Crippen LogP contribution in [-0.4, -0.2) is 39.6 Å². The lowest BCUT2D eigenvalue weighted by Gasteiger charge is -2.30. The Labute approximate surface area is 223 Å². The molecule has 3 heterocycles. The molecular weight excluding hydrogens is 547 g/mol. The Bertz CT molecular complexity index is 1410. The lowest BCUT2D eigenvalue weighted by atomic mass is 9.87. The predicted octanol–water partition coefficient (Wildman–Crippen LogP) is 6.48. The minimum absolute atomic E-state index is 0.00755. The zero-order valence-electron chi connectivity index (χ0n) is 21.1. The highest BCUT2D eigenvalue weighted by Gasteiger charge is 2.48. The average molecular weight is 569 g/mol. The fourth-order valence-electron chi connectivity index (χ4n) is 5.19. The second-order valence-corrected chi connectivity index (χ2v) is 9.79. The Morgan fingerprint density at radius 1 is 1.02 bits per heavy atom. The number of halogens is 7. The van der Waals surface area contributed by atoms with E-state index < -0.39 is 53.5 Å². The van der Waals surface area contributed by atoms with E-state index in [0.29, 0.717) is 29.1 Å². The highest BCUT2D eigenvalue weighted by molar-refractivity contribution is 5.90. The molecule has 2 aliphatic rings. The molecule has 2 aliphatic heterocycles. The number of aromatic nitrogens is 2. The van der Waals surface area contributed by atoms with Crippen molar-refractivity contribution in [1.82, 2.24) is 15.0 Å². The molecule has 1 aromatic heterocycles. The highest BCUT2D eigenvalue weighted by atomic mass is 19.4. The van der Waals surface area contributed by atoms with Crippen LogP contribution in [0.2, 0.25) is 0 Å². The third-order valence-electron chi connectivity index (χ3n) is 7.05. The SMILES string of the molecule is Cc1noc(C2=CC3[C@H](c4ccc(F)cc4)C(O[C@H](C)c4cc(C(F)(F)F)cc(C(F)(F)F)c4)CN3C(=O)C2)n1. The smallest absolute Gasteiger partial charge is 0.368 e. The van der Waals surface area contributed by atoms with Crippen molar-refractivity contribution in [2.75, 3.05) is 6.54 Å². The Balaban J connectivity index is 1.52.